The van der Waals surface area contributed by atoms with Gasteiger partial charge in [0.15, 0.2) is 0 Å². The molecule has 0 radical (unpaired) electrons. The maximum Gasteiger partial charge on any atom is 0.0914 e. The third kappa shape index (κ3) is 2.87. The Morgan fingerprint density at radius 3 is 1.56 bits per heavy atom. The highest BCUT2D eigenvalue weighted by molar-refractivity contribution is 7.14. The first-order valence-electron chi connectivity index (χ1n) is 8.28. The van der Waals surface area contributed by atoms with Gasteiger partial charge in [0.25, 0.3) is 0 Å². The minimum absolute atomic E-state index is 0.806. The third-order valence-corrected chi connectivity index (χ3v) is 5.95. The number of aromatic nitrogens is 5. The largest absolute Gasteiger partial charge is 0.352 e. The van der Waals surface area contributed by atoms with Gasteiger partial charge in [-0.2, -0.15) is 0 Å². The van der Waals surface area contributed by atoms with Crippen molar-refractivity contribution in [1.82, 2.24) is 24.9 Å². The number of nitrogens with one attached hydrogen (secondary N) is 1. The number of nitrogens with zero attached hydrogens (tertiary/aromatic N) is 4. The Balaban J connectivity index is 1.89. The molecule has 0 amide bonds. The summed E-state index contributed by atoms with van der Waals surface area (Å²) >= 11 is 3.37. The molecule has 0 aliphatic carbocycles. The first-order valence-corrected chi connectivity index (χ1v) is 10.0. The average molecular weight is 387 g/mol. The van der Waals surface area contributed by atoms with Gasteiger partial charge in [-0.1, -0.05) is 12.1 Å². The zero-order valence-electron chi connectivity index (χ0n) is 14.0. The Kier molecular flexibility index (Phi) is 4.08. The van der Waals surface area contributed by atoms with Gasteiger partial charge in [0, 0.05) is 35.9 Å². The fourth-order valence-corrected chi connectivity index (χ4v) is 4.54. The number of rotatable bonds is 4. The van der Waals surface area contributed by atoms with E-state index in [0.717, 1.165) is 43.7 Å². The quantitative estimate of drug-likeness (QED) is 0.449. The molecule has 5 heterocycles. The molecular formula is C20H13N5S2. The Labute approximate surface area is 163 Å². The van der Waals surface area contributed by atoms with E-state index in [1.54, 1.807) is 59.9 Å². The highest BCUT2D eigenvalue weighted by Crippen LogP contribution is 2.46. The normalized spacial score (nSPS) is 11.0. The van der Waals surface area contributed by atoms with Crippen molar-refractivity contribution in [3.8, 4) is 43.7 Å². The van der Waals surface area contributed by atoms with E-state index in [1.165, 1.54) is 0 Å². The first-order chi connectivity index (χ1) is 13.4. The summed E-state index contributed by atoms with van der Waals surface area (Å²) in [6, 6.07) is 8.31. The highest BCUT2D eigenvalue weighted by atomic mass is 32.1. The van der Waals surface area contributed by atoms with E-state index in [1.807, 2.05) is 12.1 Å². The predicted molar refractivity (Wildman–Crippen MR) is 109 cm³/mol. The van der Waals surface area contributed by atoms with Crippen molar-refractivity contribution < 1.29 is 0 Å². The summed E-state index contributed by atoms with van der Waals surface area (Å²) < 4.78 is 0. The molecule has 0 fully saturated rings. The molecule has 0 saturated carbocycles. The molecule has 5 aromatic heterocycles. The maximum atomic E-state index is 4.58. The zero-order chi connectivity index (χ0) is 18.1. The van der Waals surface area contributed by atoms with Crippen molar-refractivity contribution in [3.05, 3.63) is 72.2 Å². The Hall–Kier alpha value is -3.16. The van der Waals surface area contributed by atoms with Crippen LogP contribution >= 0.6 is 22.7 Å². The van der Waals surface area contributed by atoms with Crippen molar-refractivity contribution in [2.45, 2.75) is 0 Å². The van der Waals surface area contributed by atoms with Crippen LogP contribution in [0.2, 0.25) is 0 Å². The van der Waals surface area contributed by atoms with Crippen molar-refractivity contribution in [1.29, 1.82) is 0 Å². The van der Waals surface area contributed by atoms with Gasteiger partial charge in [-0.05, 0) is 22.9 Å². The lowest BCUT2D eigenvalue weighted by Crippen LogP contribution is -1.90. The van der Waals surface area contributed by atoms with E-state index in [2.05, 4.69) is 47.8 Å². The summed E-state index contributed by atoms with van der Waals surface area (Å²) in [5.41, 5.74) is 5.65. The zero-order valence-corrected chi connectivity index (χ0v) is 15.7. The second-order valence-corrected chi connectivity index (χ2v) is 7.66. The van der Waals surface area contributed by atoms with Crippen LogP contribution in [0.5, 0.6) is 0 Å². The van der Waals surface area contributed by atoms with Gasteiger partial charge in [0.2, 0.25) is 0 Å². The smallest absolute Gasteiger partial charge is 0.0914 e. The van der Waals surface area contributed by atoms with E-state index < -0.39 is 0 Å². The van der Waals surface area contributed by atoms with Crippen LogP contribution in [0.4, 0.5) is 0 Å². The SMILES string of the molecule is c1csc(-c2[nH]c(-c3cccs3)c(-c3cnccn3)c2-c2cnccn2)c1. The topological polar surface area (TPSA) is 67.3 Å². The fraction of sp³-hybridized carbons (Fsp3) is 0. The monoisotopic (exact) mass is 387 g/mol. The standard InChI is InChI=1S/C20H13N5S2/c1-3-15(26-9-1)19-17(13-11-21-5-7-23-13)18(14-12-22-6-8-24-14)20(25-19)16-4-2-10-27-16/h1-12,25H. The summed E-state index contributed by atoms with van der Waals surface area (Å²) in [5.74, 6) is 0. The van der Waals surface area contributed by atoms with Crippen LogP contribution in [-0.2, 0) is 0 Å². The molecule has 7 heteroatoms. The van der Waals surface area contributed by atoms with Crippen LogP contribution in [0.25, 0.3) is 43.7 Å². The van der Waals surface area contributed by atoms with Crippen molar-refractivity contribution >= 4 is 22.7 Å². The summed E-state index contributed by atoms with van der Waals surface area (Å²) in [4.78, 5) is 23.6. The average Bonchev–Trinajstić information content (AvgIpc) is 3.49. The number of thiophene rings is 2. The first kappa shape index (κ1) is 16.0. The molecule has 1 N–H and O–H groups in total. The molecule has 0 aliphatic heterocycles. The second-order valence-electron chi connectivity index (χ2n) is 5.76. The molecule has 0 unspecified atom stereocenters. The molecule has 5 nitrogen and oxygen atoms in total. The van der Waals surface area contributed by atoms with E-state index in [-0.39, 0.29) is 0 Å². The minimum Gasteiger partial charge on any atom is -0.352 e. The van der Waals surface area contributed by atoms with Crippen LogP contribution in [0.1, 0.15) is 0 Å². The van der Waals surface area contributed by atoms with Crippen LogP contribution in [0.15, 0.2) is 72.2 Å². The number of aromatic amines is 1. The molecule has 0 saturated heterocycles. The van der Waals surface area contributed by atoms with Gasteiger partial charge in [-0.3, -0.25) is 19.9 Å². The molecule has 0 bridgehead atoms. The van der Waals surface area contributed by atoms with Gasteiger partial charge < -0.3 is 4.98 Å². The second kappa shape index (κ2) is 6.86. The van der Waals surface area contributed by atoms with Crippen LogP contribution in [-0.4, -0.2) is 24.9 Å². The number of H-pyrrole nitrogens is 1. The molecular weight excluding hydrogens is 374 g/mol. The molecule has 0 aromatic carbocycles. The number of hydrogen-bond donors (Lipinski definition) is 1. The van der Waals surface area contributed by atoms with Gasteiger partial charge >= 0.3 is 0 Å². The van der Waals surface area contributed by atoms with Gasteiger partial charge in [0.1, 0.15) is 0 Å². The van der Waals surface area contributed by atoms with Crippen LogP contribution in [0, 0.1) is 0 Å². The predicted octanol–water partition coefficient (Wildman–Crippen LogP) is 5.39. The molecule has 27 heavy (non-hydrogen) atoms. The minimum atomic E-state index is 0.806. The molecule has 0 aliphatic rings. The van der Waals surface area contributed by atoms with Gasteiger partial charge in [-0.15, -0.1) is 22.7 Å². The van der Waals surface area contributed by atoms with Crippen LogP contribution < -0.4 is 0 Å². The lowest BCUT2D eigenvalue weighted by molar-refractivity contribution is 1.19. The number of hydrogen-bond acceptors (Lipinski definition) is 6. The summed E-state index contributed by atoms with van der Waals surface area (Å²) in [7, 11) is 0. The van der Waals surface area contributed by atoms with E-state index >= 15 is 0 Å². The molecule has 5 rings (SSSR count). The van der Waals surface area contributed by atoms with Crippen LogP contribution in [0.3, 0.4) is 0 Å². The maximum absolute atomic E-state index is 4.58. The van der Waals surface area contributed by atoms with Crippen molar-refractivity contribution in [3.63, 3.8) is 0 Å². The Bertz CT molecular complexity index is 1060. The lowest BCUT2D eigenvalue weighted by Gasteiger charge is -2.06. The lowest BCUT2D eigenvalue weighted by atomic mass is 10.0. The highest BCUT2D eigenvalue weighted by Gasteiger charge is 2.25. The Morgan fingerprint density at radius 1 is 0.667 bits per heavy atom. The Morgan fingerprint density at radius 2 is 1.19 bits per heavy atom. The van der Waals surface area contributed by atoms with E-state index in [4.69, 9.17) is 0 Å². The van der Waals surface area contributed by atoms with E-state index in [9.17, 15) is 0 Å². The fourth-order valence-electron chi connectivity index (χ4n) is 3.08. The van der Waals surface area contributed by atoms with E-state index in [0.29, 0.717) is 0 Å². The summed E-state index contributed by atoms with van der Waals surface area (Å²) in [6.45, 7) is 0. The third-order valence-electron chi connectivity index (χ3n) is 4.17. The van der Waals surface area contributed by atoms with Gasteiger partial charge in [0.05, 0.1) is 44.9 Å². The molecule has 5 aromatic rings. The summed E-state index contributed by atoms with van der Waals surface area (Å²) in [6.07, 6.45) is 10.4. The molecule has 0 atom stereocenters. The molecule has 130 valence electrons. The molecule has 0 spiro atoms. The summed E-state index contributed by atoms with van der Waals surface area (Å²) in [5, 5.41) is 4.15. The van der Waals surface area contributed by atoms with Crippen molar-refractivity contribution in [2.24, 2.45) is 0 Å². The van der Waals surface area contributed by atoms with Crippen molar-refractivity contribution in [2.75, 3.05) is 0 Å². The van der Waals surface area contributed by atoms with Gasteiger partial charge in [-0.25, -0.2) is 0 Å².